The van der Waals surface area contributed by atoms with Crippen molar-refractivity contribution in [2.45, 2.75) is 4.90 Å². The summed E-state index contributed by atoms with van der Waals surface area (Å²) in [5.41, 5.74) is 6.67. The summed E-state index contributed by atoms with van der Waals surface area (Å²) in [5, 5.41) is 0.661. The number of hydrogen-bond donors (Lipinski definition) is 1. The molecule has 0 bridgehead atoms. The van der Waals surface area contributed by atoms with Gasteiger partial charge in [0.25, 0.3) is 0 Å². The van der Waals surface area contributed by atoms with E-state index in [0.717, 1.165) is 5.69 Å². The number of sulfonamides is 1. The predicted octanol–water partition coefficient (Wildman–Crippen LogP) is 2.59. The highest BCUT2D eigenvalue weighted by atomic mass is 79.9. The Bertz CT molecular complexity index is 854. The third-order valence-corrected chi connectivity index (χ3v) is 6.58. The van der Waals surface area contributed by atoms with Gasteiger partial charge in [-0.3, -0.25) is 0 Å². The van der Waals surface area contributed by atoms with Gasteiger partial charge in [0.15, 0.2) is 0 Å². The van der Waals surface area contributed by atoms with Gasteiger partial charge >= 0.3 is 0 Å². The van der Waals surface area contributed by atoms with E-state index in [4.69, 9.17) is 17.3 Å². The fourth-order valence-corrected chi connectivity index (χ4v) is 4.91. The van der Waals surface area contributed by atoms with E-state index in [0.29, 0.717) is 35.7 Å². The largest absolute Gasteiger partial charge is 0.383 e. The van der Waals surface area contributed by atoms with Gasteiger partial charge in [-0.1, -0.05) is 23.7 Å². The first kappa shape index (κ1) is 17.5. The van der Waals surface area contributed by atoms with Crippen molar-refractivity contribution in [1.29, 1.82) is 0 Å². The second-order valence-corrected chi connectivity index (χ2v) is 8.61. The van der Waals surface area contributed by atoms with Crippen molar-refractivity contribution in [1.82, 2.24) is 9.29 Å². The number of halogens is 2. The molecule has 0 saturated carbocycles. The van der Waals surface area contributed by atoms with Crippen LogP contribution in [0.25, 0.3) is 0 Å². The monoisotopic (exact) mass is 430 g/mol. The predicted molar refractivity (Wildman–Crippen MR) is 98.8 cm³/mol. The third kappa shape index (κ3) is 3.37. The maximum atomic E-state index is 12.8. The molecule has 0 unspecified atom stereocenters. The van der Waals surface area contributed by atoms with Gasteiger partial charge < -0.3 is 10.6 Å². The van der Waals surface area contributed by atoms with Gasteiger partial charge in [-0.05, 0) is 34.1 Å². The van der Waals surface area contributed by atoms with E-state index in [-0.39, 0.29) is 10.7 Å². The molecular formula is C15H16BrClN4O2S. The molecule has 0 amide bonds. The molecule has 24 heavy (non-hydrogen) atoms. The molecule has 128 valence electrons. The number of nitrogens with zero attached hydrogens (tertiary/aromatic N) is 3. The molecule has 1 aromatic carbocycles. The van der Waals surface area contributed by atoms with Crippen LogP contribution < -0.4 is 10.6 Å². The lowest BCUT2D eigenvalue weighted by molar-refractivity contribution is 0.385. The minimum atomic E-state index is -3.67. The minimum absolute atomic E-state index is 0.00623. The Morgan fingerprint density at radius 3 is 2.50 bits per heavy atom. The van der Waals surface area contributed by atoms with Gasteiger partial charge in [0.1, 0.15) is 10.7 Å². The Morgan fingerprint density at radius 1 is 1.17 bits per heavy atom. The van der Waals surface area contributed by atoms with Crippen LogP contribution in [-0.4, -0.2) is 43.9 Å². The average Bonchev–Trinajstić information content (AvgIpc) is 2.57. The Kier molecular flexibility index (Phi) is 5.00. The number of nitrogen functional groups attached to an aromatic ring is 1. The topological polar surface area (TPSA) is 79.5 Å². The number of rotatable bonds is 3. The van der Waals surface area contributed by atoms with Crippen LogP contribution in [0.3, 0.4) is 0 Å². The smallest absolute Gasteiger partial charge is 0.246 e. The molecule has 9 heteroatoms. The summed E-state index contributed by atoms with van der Waals surface area (Å²) in [5.74, 6) is 0.00623. The fourth-order valence-electron chi connectivity index (χ4n) is 2.65. The van der Waals surface area contributed by atoms with Crippen molar-refractivity contribution in [3.05, 3.63) is 46.0 Å². The molecule has 3 rings (SSSR count). The van der Waals surface area contributed by atoms with Gasteiger partial charge in [-0.15, -0.1) is 0 Å². The molecule has 2 aromatic rings. The van der Waals surface area contributed by atoms with E-state index in [2.05, 4.69) is 25.8 Å². The van der Waals surface area contributed by atoms with Crippen molar-refractivity contribution in [3.8, 4) is 0 Å². The van der Waals surface area contributed by atoms with Gasteiger partial charge in [0.05, 0.1) is 10.7 Å². The Balaban J connectivity index is 1.79. The summed E-state index contributed by atoms with van der Waals surface area (Å²) in [6.45, 7) is 1.84. The lowest BCUT2D eigenvalue weighted by atomic mass is 10.2. The average molecular weight is 432 g/mol. The van der Waals surface area contributed by atoms with Crippen LogP contribution in [0.15, 0.2) is 45.9 Å². The van der Waals surface area contributed by atoms with Crippen LogP contribution in [0.5, 0.6) is 0 Å². The quantitative estimate of drug-likeness (QED) is 0.808. The number of pyridine rings is 1. The van der Waals surface area contributed by atoms with E-state index in [1.807, 2.05) is 24.3 Å². The van der Waals surface area contributed by atoms with Crippen LogP contribution in [0.1, 0.15) is 0 Å². The highest BCUT2D eigenvalue weighted by Gasteiger charge is 2.31. The van der Waals surface area contributed by atoms with E-state index >= 15 is 0 Å². The Morgan fingerprint density at radius 2 is 1.83 bits per heavy atom. The van der Waals surface area contributed by atoms with Crippen LogP contribution >= 0.6 is 27.5 Å². The molecule has 0 spiro atoms. The number of aromatic nitrogens is 1. The van der Waals surface area contributed by atoms with Crippen molar-refractivity contribution in [2.75, 3.05) is 36.8 Å². The van der Waals surface area contributed by atoms with Crippen LogP contribution in [0.2, 0.25) is 5.02 Å². The maximum Gasteiger partial charge on any atom is 0.246 e. The minimum Gasteiger partial charge on any atom is -0.383 e. The molecule has 0 atom stereocenters. The standard InChI is InChI=1S/C15H16BrClN4O2S/c16-11-9-14(15(18)19-10-11)24(22,23)21-7-5-20(6-8-21)13-4-2-1-3-12(13)17/h1-4,9-10H,5-8H2,(H2,18,19). The number of hydrogen-bond acceptors (Lipinski definition) is 5. The number of nitrogens with two attached hydrogens (primary N) is 1. The number of para-hydroxylation sites is 1. The summed E-state index contributed by atoms with van der Waals surface area (Å²) >= 11 is 9.45. The summed E-state index contributed by atoms with van der Waals surface area (Å²) < 4.78 is 27.6. The zero-order chi connectivity index (χ0) is 17.3. The van der Waals surface area contributed by atoms with Crippen molar-refractivity contribution >= 4 is 49.1 Å². The Hall–Kier alpha value is -1.35. The summed E-state index contributed by atoms with van der Waals surface area (Å²) in [4.78, 5) is 6.02. The molecule has 1 aromatic heterocycles. The molecule has 1 fully saturated rings. The molecule has 2 N–H and O–H groups in total. The number of anilines is 2. The zero-order valence-corrected chi connectivity index (χ0v) is 15.9. The summed E-state index contributed by atoms with van der Waals surface area (Å²) in [6, 6.07) is 9.03. The van der Waals surface area contributed by atoms with Crippen LogP contribution in [0, 0.1) is 0 Å². The second-order valence-electron chi connectivity index (χ2n) is 5.38. The second kappa shape index (κ2) is 6.87. The summed E-state index contributed by atoms with van der Waals surface area (Å²) in [6.07, 6.45) is 1.48. The molecule has 0 radical (unpaired) electrons. The first-order valence-electron chi connectivity index (χ1n) is 7.30. The number of benzene rings is 1. The van der Waals surface area contributed by atoms with E-state index < -0.39 is 10.0 Å². The van der Waals surface area contributed by atoms with E-state index in [9.17, 15) is 8.42 Å². The van der Waals surface area contributed by atoms with Gasteiger partial charge in [-0.25, -0.2) is 13.4 Å². The summed E-state index contributed by atoms with van der Waals surface area (Å²) in [7, 11) is -3.67. The molecule has 1 saturated heterocycles. The van der Waals surface area contributed by atoms with E-state index in [1.54, 1.807) is 0 Å². The first-order chi connectivity index (χ1) is 11.4. The van der Waals surface area contributed by atoms with Crippen molar-refractivity contribution in [2.24, 2.45) is 0 Å². The molecule has 0 aliphatic carbocycles. The van der Waals surface area contributed by atoms with Crippen LogP contribution in [-0.2, 0) is 10.0 Å². The van der Waals surface area contributed by atoms with Gasteiger partial charge in [0.2, 0.25) is 10.0 Å². The van der Waals surface area contributed by atoms with Crippen LogP contribution in [0.4, 0.5) is 11.5 Å². The SMILES string of the molecule is Nc1ncc(Br)cc1S(=O)(=O)N1CCN(c2ccccc2Cl)CC1. The maximum absolute atomic E-state index is 12.8. The van der Waals surface area contributed by atoms with E-state index in [1.165, 1.54) is 16.6 Å². The molecule has 1 aliphatic heterocycles. The molecular weight excluding hydrogens is 416 g/mol. The zero-order valence-electron chi connectivity index (χ0n) is 12.7. The number of piperazine rings is 1. The molecule has 6 nitrogen and oxygen atoms in total. The first-order valence-corrected chi connectivity index (χ1v) is 9.91. The fraction of sp³-hybridized carbons (Fsp3) is 0.267. The molecule has 2 heterocycles. The Labute approximate surface area is 154 Å². The van der Waals surface area contributed by atoms with Crippen molar-refractivity contribution < 1.29 is 8.42 Å². The normalized spacial score (nSPS) is 16.3. The lowest BCUT2D eigenvalue weighted by Crippen LogP contribution is -2.48. The van der Waals surface area contributed by atoms with Gasteiger partial charge in [0, 0.05) is 36.8 Å². The lowest BCUT2D eigenvalue weighted by Gasteiger charge is -2.35. The van der Waals surface area contributed by atoms with Gasteiger partial charge in [-0.2, -0.15) is 4.31 Å². The van der Waals surface area contributed by atoms with Crippen molar-refractivity contribution in [3.63, 3.8) is 0 Å². The highest BCUT2D eigenvalue weighted by molar-refractivity contribution is 9.10. The molecule has 1 aliphatic rings. The third-order valence-electron chi connectivity index (χ3n) is 3.90. The highest BCUT2D eigenvalue weighted by Crippen LogP contribution is 2.28.